The summed E-state index contributed by atoms with van der Waals surface area (Å²) in [7, 11) is 2.85. The number of carbonyl (C=O) groups is 2. The first-order valence-electron chi connectivity index (χ1n) is 8.15. The Morgan fingerprint density at radius 3 is 2.48 bits per heavy atom. The zero-order chi connectivity index (χ0) is 19.6. The first-order chi connectivity index (χ1) is 12.9. The van der Waals surface area contributed by atoms with E-state index in [0.717, 1.165) is 11.0 Å². The number of aryl methyl sites for hydroxylation is 1. The second-order valence-corrected chi connectivity index (χ2v) is 5.84. The molecule has 1 amide bonds. The van der Waals surface area contributed by atoms with Gasteiger partial charge in [0, 0.05) is 12.1 Å². The molecule has 1 heterocycles. The molecule has 2 aromatic carbocycles. The number of fused-ring (bicyclic) bond motifs is 1. The number of carboxylic acids is 1. The minimum Gasteiger partial charge on any atom is -0.493 e. The maximum Gasteiger partial charge on any atom is 0.337 e. The Morgan fingerprint density at radius 2 is 1.81 bits per heavy atom. The lowest BCUT2D eigenvalue weighted by Gasteiger charge is -2.14. The standard InChI is InChI=1S/C19H19N3O5/c1-11-20-13-6-4-5-7-15(13)22(11)10-18(23)21-14-9-17(27-3)16(26-2)8-12(14)19(24)25/h4-9H,10H2,1-3H3,(H,21,23)(H,24,25). The maximum absolute atomic E-state index is 12.6. The van der Waals surface area contributed by atoms with Gasteiger partial charge in [-0.1, -0.05) is 12.1 Å². The van der Waals surface area contributed by atoms with E-state index in [1.165, 1.54) is 26.4 Å². The van der Waals surface area contributed by atoms with Crippen LogP contribution in [-0.2, 0) is 11.3 Å². The molecule has 0 spiro atoms. The van der Waals surface area contributed by atoms with Crippen molar-refractivity contribution in [3.05, 3.63) is 47.8 Å². The highest BCUT2D eigenvalue weighted by Gasteiger charge is 2.19. The Bertz CT molecular complexity index is 1030. The van der Waals surface area contributed by atoms with Gasteiger partial charge in [-0.05, 0) is 19.1 Å². The third-order valence-electron chi connectivity index (χ3n) is 4.18. The molecule has 0 saturated carbocycles. The molecule has 0 fully saturated rings. The van der Waals surface area contributed by atoms with Crippen LogP contribution in [0.2, 0.25) is 0 Å². The summed E-state index contributed by atoms with van der Waals surface area (Å²) in [6.45, 7) is 1.81. The summed E-state index contributed by atoms with van der Waals surface area (Å²) < 4.78 is 12.1. The van der Waals surface area contributed by atoms with Crippen molar-refractivity contribution < 1.29 is 24.2 Å². The lowest BCUT2D eigenvalue weighted by molar-refractivity contribution is -0.116. The molecule has 8 nitrogen and oxygen atoms in total. The van der Waals surface area contributed by atoms with Crippen LogP contribution >= 0.6 is 0 Å². The van der Waals surface area contributed by atoms with Gasteiger partial charge in [0.05, 0.1) is 36.5 Å². The number of amides is 1. The van der Waals surface area contributed by atoms with Gasteiger partial charge in [0.2, 0.25) is 5.91 Å². The highest BCUT2D eigenvalue weighted by atomic mass is 16.5. The van der Waals surface area contributed by atoms with E-state index >= 15 is 0 Å². The van der Waals surface area contributed by atoms with Crippen LogP contribution in [0.4, 0.5) is 5.69 Å². The Balaban J connectivity index is 1.91. The number of ether oxygens (including phenoxy) is 2. The largest absolute Gasteiger partial charge is 0.493 e. The molecule has 0 saturated heterocycles. The SMILES string of the molecule is COc1cc(NC(=O)Cn2c(C)nc3ccccc32)c(C(=O)O)cc1OC. The molecule has 140 valence electrons. The molecule has 0 aliphatic rings. The number of anilines is 1. The van der Waals surface area contributed by atoms with Crippen LogP contribution in [0.1, 0.15) is 16.2 Å². The summed E-state index contributed by atoms with van der Waals surface area (Å²) in [5, 5.41) is 12.1. The summed E-state index contributed by atoms with van der Waals surface area (Å²) >= 11 is 0. The lowest BCUT2D eigenvalue weighted by atomic mass is 10.1. The number of benzene rings is 2. The number of hydrogen-bond acceptors (Lipinski definition) is 5. The van der Waals surface area contributed by atoms with E-state index in [1.807, 2.05) is 31.2 Å². The van der Waals surface area contributed by atoms with E-state index < -0.39 is 5.97 Å². The fourth-order valence-corrected chi connectivity index (χ4v) is 2.89. The fourth-order valence-electron chi connectivity index (χ4n) is 2.89. The minimum atomic E-state index is -1.18. The maximum atomic E-state index is 12.6. The predicted molar refractivity (Wildman–Crippen MR) is 99.6 cm³/mol. The van der Waals surface area contributed by atoms with Crippen molar-refractivity contribution in [3.8, 4) is 11.5 Å². The van der Waals surface area contributed by atoms with E-state index in [-0.39, 0.29) is 29.5 Å². The number of carbonyl (C=O) groups excluding carboxylic acids is 1. The van der Waals surface area contributed by atoms with Crippen molar-refractivity contribution in [1.29, 1.82) is 0 Å². The Hall–Kier alpha value is -3.55. The van der Waals surface area contributed by atoms with Gasteiger partial charge in [-0.3, -0.25) is 4.79 Å². The molecule has 1 aromatic heterocycles. The van der Waals surface area contributed by atoms with Gasteiger partial charge >= 0.3 is 5.97 Å². The molecular formula is C19H19N3O5. The van der Waals surface area contributed by atoms with Crippen LogP contribution in [0.15, 0.2) is 36.4 Å². The molecule has 0 atom stereocenters. The van der Waals surface area contributed by atoms with Gasteiger partial charge in [0.1, 0.15) is 12.4 Å². The molecule has 0 bridgehead atoms. The number of methoxy groups -OCH3 is 2. The number of nitrogens with zero attached hydrogens (tertiary/aromatic N) is 2. The van der Waals surface area contributed by atoms with Gasteiger partial charge < -0.3 is 24.5 Å². The summed E-state index contributed by atoms with van der Waals surface area (Å²) in [6.07, 6.45) is 0. The van der Waals surface area contributed by atoms with Crippen molar-refractivity contribution in [2.45, 2.75) is 13.5 Å². The van der Waals surface area contributed by atoms with Gasteiger partial charge in [-0.2, -0.15) is 0 Å². The second kappa shape index (κ2) is 7.36. The third kappa shape index (κ3) is 3.55. The van der Waals surface area contributed by atoms with Crippen LogP contribution in [0, 0.1) is 6.92 Å². The first-order valence-corrected chi connectivity index (χ1v) is 8.15. The van der Waals surface area contributed by atoms with Gasteiger partial charge in [0.25, 0.3) is 0 Å². The summed E-state index contributed by atoms with van der Waals surface area (Å²) in [5.41, 5.74) is 1.66. The van der Waals surface area contributed by atoms with Crippen molar-refractivity contribution in [2.24, 2.45) is 0 Å². The molecule has 0 aliphatic heterocycles. The van der Waals surface area contributed by atoms with Crippen LogP contribution in [0.3, 0.4) is 0 Å². The zero-order valence-electron chi connectivity index (χ0n) is 15.1. The van der Waals surface area contributed by atoms with Crippen molar-refractivity contribution in [1.82, 2.24) is 9.55 Å². The Morgan fingerprint density at radius 1 is 1.15 bits per heavy atom. The minimum absolute atomic E-state index is 0.000248. The molecule has 27 heavy (non-hydrogen) atoms. The molecule has 2 N–H and O–H groups in total. The third-order valence-corrected chi connectivity index (χ3v) is 4.18. The van der Waals surface area contributed by atoms with Crippen molar-refractivity contribution in [3.63, 3.8) is 0 Å². The molecule has 3 aromatic rings. The van der Waals surface area contributed by atoms with Gasteiger partial charge in [-0.15, -0.1) is 0 Å². The quantitative estimate of drug-likeness (QED) is 0.693. The smallest absolute Gasteiger partial charge is 0.337 e. The number of nitrogens with one attached hydrogen (secondary N) is 1. The normalized spacial score (nSPS) is 10.6. The molecule has 0 unspecified atom stereocenters. The number of aromatic carboxylic acids is 1. The lowest BCUT2D eigenvalue weighted by Crippen LogP contribution is -2.21. The molecule has 0 radical (unpaired) electrons. The van der Waals surface area contributed by atoms with Crippen LogP contribution in [-0.4, -0.2) is 40.8 Å². The van der Waals surface area contributed by atoms with Crippen molar-refractivity contribution in [2.75, 3.05) is 19.5 Å². The number of para-hydroxylation sites is 2. The van der Waals surface area contributed by atoms with Crippen LogP contribution in [0.5, 0.6) is 11.5 Å². The summed E-state index contributed by atoms with van der Waals surface area (Å²) in [4.78, 5) is 28.6. The van der Waals surface area contributed by atoms with E-state index in [0.29, 0.717) is 11.6 Å². The van der Waals surface area contributed by atoms with Crippen LogP contribution < -0.4 is 14.8 Å². The number of hydrogen-bond donors (Lipinski definition) is 2. The molecule has 0 aliphatic carbocycles. The summed E-state index contributed by atoms with van der Waals surface area (Å²) in [5.74, 6) is -0.282. The number of aromatic nitrogens is 2. The summed E-state index contributed by atoms with van der Waals surface area (Å²) in [6, 6.07) is 10.2. The van der Waals surface area contributed by atoms with E-state index in [2.05, 4.69) is 10.3 Å². The van der Waals surface area contributed by atoms with Gasteiger partial charge in [0.15, 0.2) is 11.5 Å². The average molecular weight is 369 g/mol. The monoisotopic (exact) mass is 369 g/mol. The Kier molecular flexibility index (Phi) is 4.98. The first kappa shape index (κ1) is 18.2. The van der Waals surface area contributed by atoms with Crippen LogP contribution in [0.25, 0.3) is 11.0 Å². The topological polar surface area (TPSA) is 103 Å². The fraction of sp³-hybridized carbons (Fsp3) is 0.211. The number of imidazole rings is 1. The zero-order valence-corrected chi connectivity index (χ0v) is 15.1. The van der Waals surface area contributed by atoms with E-state index in [9.17, 15) is 14.7 Å². The number of rotatable bonds is 6. The predicted octanol–water partition coefficient (Wildman–Crippen LogP) is 2.70. The average Bonchev–Trinajstić information content (AvgIpc) is 2.96. The van der Waals surface area contributed by atoms with E-state index in [4.69, 9.17) is 9.47 Å². The van der Waals surface area contributed by atoms with Crippen molar-refractivity contribution >= 4 is 28.6 Å². The second-order valence-electron chi connectivity index (χ2n) is 5.84. The highest BCUT2D eigenvalue weighted by Crippen LogP contribution is 2.33. The van der Waals surface area contributed by atoms with E-state index in [1.54, 1.807) is 4.57 Å². The molecular weight excluding hydrogens is 350 g/mol. The molecule has 3 rings (SSSR count). The Labute approximate surface area is 155 Å². The van der Waals surface area contributed by atoms with Gasteiger partial charge in [-0.25, -0.2) is 9.78 Å². The molecule has 8 heteroatoms. The number of carboxylic acid groups (broad SMARTS) is 1. The highest BCUT2D eigenvalue weighted by molar-refractivity contribution is 6.01.